The normalized spacial score (nSPS) is 19.9. The molecule has 8 heteroatoms. The number of hydrogen-bond acceptors (Lipinski definition) is 6. The van der Waals surface area contributed by atoms with Gasteiger partial charge in [0, 0.05) is 51.8 Å². The van der Waals surface area contributed by atoms with Crippen LogP contribution in [0.2, 0.25) is 0 Å². The van der Waals surface area contributed by atoms with Crippen molar-refractivity contribution in [1.82, 2.24) is 10.0 Å². The summed E-state index contributed by atoms with van der Waals surface area (Å²) in [5.41, 5.74) is -0.526. The van der Waals surface area contributed by atoms with Gasteiger partial charge < -0.3 is 0 Å². The zero-order chi connectivity index (χ0) is 21.7. The molecule has 8 nitrogen and oxygen atoms in total. The van der Waals surface area contributed by atoms with Crippen molar-refractivity contribution in [3.63, 3.8) is 0 Å². The lowest BCUT2D eigenvalue weighted by Gasteiger charge is -2.35. The summed E-state index contributed by atoms with van der Waals surface area (Å²) in [5, 5.41) is 23.5. The first-order valence-electron chi connectivity index (χ1n) is 10.1. The second-order valence-corrected chi connectivity index (χ2v) is 11.6. The first-order chi connectivity index (χ1) is 12.4. The van der Waals surface area contributed by atoms with E-state index in [0.717, 1.165) is 0 Å². The molecule has 0 N–H and O–H groups in total. The van der Waals surface area contributed by atoms with Crippen molar-refractivity contribution in [2.75, 3.05) is 13.3 Å². The van der Waals surface area contributed by atoms with Crippen LogP contribution in [-0.4, -0.2) is 66.6 Å². The van der Waals surface area contributed by atoms with Crippen LogP contribution in [0.4, 0.5) is 0 Å². The minimum absolute atomic E-state index is 0.132. The van der Waals surface area contributed by atoms with Crippen molar-refractivity contribution in [1.29, 1.82) is 0 Å². The van der Waals surface area contributed by atoms with Gasteiger partial charge in [-0.05, 0) is 41.5 Å². The Labute approximate surface area is 170 Å². The van der Waals surface area contributed by atoms with Crippen molar-refractivity contribution in [3.8, 4) is 0 Å². The molecule has 28 heavy (non-hydrogen) atoms. The monoisotopic (exact) mass is 392 g/mol. The number of amidine groups is 2. The summed E-state index contributed by atoms with van der Waals surface area (Å²) in [7, 11) is 0. The average molecular weight is 393 g/mol. The van der Waals surface area contributed by atoms with Gasteiger partial charge in [-0.2, -0.15) is 0 Å². The van der Waals surface area contributed by atoms with Gasteiger partial charge in [0.25, 0.3) is 25.0 Å². The van der Waals surface area contributed by atoms with Crippen molar-refractivity contribution in [2.24, 2.45) is 20.4 Å². The van der Waals surface area contributed by atoms with Crippen LogP contribution >= 0.6 is 0 Å². The molecule has 0 saturated carbocycles. The lowest BCUT2D eigenvalue weighted by Crippen LogP contribution is -2.52. The fourth-order valence-electron chi connectivity index (χ4n) is 2.51. The van der Waals surface area contributed by atoms with Gasteiger partial charge in [-0.1, -0.05) is 9.39 Å². The Balaban J connectivity index is 2.61. The van der Waals surface area contributed by atoms with Gasteiger partial charge in [-0.25, -0.2) is 10.0 Å². The Kier molecular flexibility index (Phi) is 5.51. The Morgan fingerprint density at radius 1 is 0.571 bits per heavy atom. The minimum atomic E-state index is -0.132. The molecule has 0 radical (unpaired) electrons. The summed E-state index contributed by atoms with van der Waals surface area (Å²) in [5.74, 6) is 1.11. The topological polar surface area (TPSA) is 61.9 Å². The number of azo groups is 4. The van der Waals surface area contributed by atoms with E-state index in [0.29, 0.717) is 25.0 Å². The maximum absolute atomic E-state index is 4.84. The van der Waals surface area contributed by atoms with E-state index in [1.165, 1.54) is 0 Å². The van der Waals surface area contributed by atoms with Crippen LogP contribution in [0.1, 0.15) is 83.1 Å². The number of hydrazone groups is 2. The summed E-state index contributed by atoms with van der Waals surface area (Å²) in [6, 6.07) is 0. The summed E-state index contributed by atoms with van der Waals surface area (Å²) in [6.07, 6.45) is 0. The van der Waals surface area contributed by atoms with E-state index in [-0.39, 0.29) is 22.2 Å². The van der Waals surface area contributed by atoms with Gasteiger partial charge >= 0.3 is 0 Å². The number of hydrogen-bond donors (Lipinski definition) is 0. The van der Waals surface area contributed by atoms with E-state index < -0.39 is 0 Å². The second kappa shape index (κ2) is 6.88. The maximum atomic E-state index is 4.84. The highest BCUT2D eigenvalue weighted by molar-refractivity contribution is 6.40. The molecule has 0 aromatic carbocycles. The number of rotatable bonds is 1. The molecule has 158 valence electrons. The third-order valence-electron chi connectivity index (χ3n) is 4.69. The molecule has 0 amide bonds. The molecular formula is C20H40N8+2. The lowest BCUT2D eigenvalue weighted by atomic mass is 10.1. The van der Waals surface area contributed by atoms with E-state index in [2.05, 4.69) is 102 Å². The summed E-state index contributed by atoms with van der Waals surface area (Å²) in [6.45, 7) is 27.1. The van der Waals surface area contributed by atoms with Gasteiger partial charge in [-0.3, -0.25) is 0 Å². The molecule has 2 rings (SSSR count). The van der Waals surface area contributed by atoms with Gasteiger partial charge in [0.2, 0.25) is 0 Å². The van der Waals surface area contributed by atoms with Crippen LogP contribution in [0, 0.1) is 0 Å². The molecule has 0 atom stereocenters. The Bertz CT molecular complexity index is 666. The number of nitrogens with zero attached hydrogens (tertiary/aromatic N) is 8. The molecule has 2 heterocycles. The zero-order valence-corrected chi connectivity index (χ0v) is 20.0. The predicted octanol–water partition coefficient (Wildman–Crippen LogP) is 4.28. The largest absolute Gasteiger partial charge is 0.290 e. The van der Waals surface area contributed by atoms with E-state index in [1.807, 2.05) is 0 Å². The van der Waals surface area contributed by atoms with E-state index in [9.17, 15) is 0 Å². The molecule has 2 aliphatic rings. The third-order valence-corrected chi connectivity index (χ3v) is 4.69. The van der Waals surface area contributed by atoms with Crippen molar-refractivity contribution in [3.05, 3.63) is 0 Å². The van der Waals surface area contributed by atoms with Gasteiger partial charge in [0.15, 0.2) is 11.1 Å². The van der Waals surface area contributed by atoms with Gasteiger partial charge in [0.1, 0.15) is 0 Å². The minimum Gasteiger partial charge on any atom is -0.228 e. The standard InChI is InChI=1S/C20H40N8/c1-17(2,3)25-13-26(18(4,5)6)22-15(21-25)16-23-27(19(7,8)9)14-28(24-16)20(10,11)12/h13-14H2,1-12H3/q+2. The Hall–Kier alpha value is -1.86. The lowest BCUT2D eigenvalue weighted by molar-refractivity contribution is -0.673. The molecule has 0 aliphatic carbocycles. The Morgan fingerprint density at radius 2 is 0.857 bits per heavy atom. The fourth-order valence-corrected chi connectivity index (χ4v) is 2.51. The van der Waals surface area contributed by atoms with Gasteiger partial charge in [-0.15, -0.1) is 10.2 Å². The zero-order valence-electron chi connectivity index (χ0n) is 20.0. The third kappa shape index (κ3) is 5.14. The molecule has 0 aromatic heterocycles. The van der Waals surface area contributed by atoms with E-state index in [1.54, 1.807) is 0 Å². The molecule has 0 unspecified atom stereocenters. The molecular weight excluding hydrogens is 352 g/mol. The smallest absolute Gasteiger partial charge is 0.228 e. The molecule has 0 fully saturated rings. The predicted molar refractivity (Wildman–Crippen MR) is 113 cm³/mol. The first kappa shape index (κ1) is 22.4. The SMILES string of the molecule is CC(C)(C)N1C[N+](C(C)(C)C)=NC(C2=NN(C(C)(C)C)C[N+](C(C)(C)C)=N2)=N1. The van der Waals surface area contributed by atoms with Crippen molar-refractivity contribution in [2.45, 2.75) is 105 Å². The Morgan fingerprint density at radius 3 is 1.07 bits per heavy atom. The summed E-state index contributed by atoms with van der Waals surface area (Å²) in [4.78, 5) is 0. The average Bonchev–Trinajstić information content (AvgIpc) is 2.50. The first-order valence-corrected chi connectivity index (χ1v) is 10.1. The van der Waals surface area contributed by atoms with E-state index in [4.69, 9.17) is 20.4 Å². The quantitative estimate of drug-likeness (QED) is 0.625. The fraction of sp³-hybridized carbons (Fsp3) is 0.900. The second-order valence-electron chi connectivity index (χ2n) is 11.6. The van der Waals surface area contributed by atoms with Crippen molar-refractivity contribution < 1.29 is 9.39 Å². The van der Waals surface area contributed by atoms with E-state index >= 15 is 0 Å². The molecule has 0 aromatic rings. The van der Waals surface area contributed by atoms with Crippen LogP contribution in [0.5, 0.6) is 0 Å². The van der Waals surface area contributed by atoms with Crippen LogP contribution in [-0.2, 0) is 0 Å². The highest BCUT2D eigenvalue weighted by Gasteiger charge is 2.42. The van der Waals surface area contributed by atoms with Gasteiger partial charge in [0.05, 0.1) is 11.1 Å². The van der Waals surface area contributed by atoms with Crippen LogP contribution < -0.4 is 0 Å². The maximum Gasteiger partial charge on any atom is 0.290 e. The molecule has 0 saturated heterocycles. The van der Waals surface area contributed by atoms with Crippen molar-refractivity contribution >= 4 is 11.7 Å². The summed E-state index contributed by atoms with van der Waals surface area (Å²) < 4.78 is 4.13. The highest BCUT2D eigenvalue weighted by Crippen LogP contribution is 2.24. The highest BCUT2D eigenvalue weighted by atomic mass is 15.6. The van der Waals surface area contributed by atoms with Crippen LogP contribution in [0.15, 0.2) is 20.4 Å². The van der Waals surface area contributed by atoms with Crippen LogP contribution in [0.25, 0.3) is 0 Å². The van der Waals surface area contributed by atoms with Crippen LogP contribution in [0.3, 0.4) is 0 Å². The molecule has 2 aliphatic heterocycles. The molecule has 0 spiro atoms. The molecule has 0 bridgehead atoms. The summed E-state index contributed by atoms with van der Waals surface area (Å²) >= 11 is 0.